The third-order valence-electron chi connectivity index (χ3n) is 4.60. The maximum atomic E-state index is 13.2. The van der Waals surface area contributed by atoms with Crippen LogP contribution in [0.1, 0.15) is 35.0 Å². The van der Waals surface area contributed by atoms with E-state index in [1.807, 2.05) is 54.6 Å². The summed E-state index contributed by atoms with van der Waals surface area (Å²) in [4.78, 5) is 17.4. The molecule has 0 radical (unpaired) electrons. The average Bonchev–Trinajstić information content (AvgIpc) is 3.41. The first kappa shape index (κ1) is 19.4. The van der Waals surface area contributed by atoms with E-state index in [1.54, 1.807) is 31.8 Å². The number of hydrogen-bond acceptors (Lipinski definition) is 6. The van der Waals surface area contributed by atoms with Crippen LogP contribution in [0.3, 0.4) is 0 Å². The fourth-order valence-electron chi connectivity index (χ4n) is 3.12. The molecule has 8 nitrogen and oxygen atoms in total. The highest BCUT2D eigenvalue weighted by Gasteiger charge is 2.24. The molecule has 2 aromatic carbocycles. The fourth-order valence-corrected chi connectivity index (χ4v) is 3.12. The zero-order valence-electron chi connectivity index (χ0n) is 16.9. The van der Waals surface area contributed by atoms with Crippen LogP contribution in [0, 0.1) is 6.92 Å². The Morgan fingerprint density at radius 1 is 1.13 bits per heavy atom. The molecule has 1 N–H and O–H groups in total. The lowest BCUT2D eigenvalue weighted by atomic mass is 10.1. The number of nitrogens with one attached hydrogen (secondary N) is 1. The standard InChI is InChI=1S/C22H21N5O3/c1-14(22-24-15(2)26-30-22)23-21(28)18-13-27(16-9-5-4-6-10-16)25-20(18)17-11-7-8-12-19(17)29-3/h4-14H,1-3H3,(H,23,28)/t14-/m1/s1. The minimum Gasteiger partial charge on any atom is -0.496 e. The van der Waals surface area contributed by atoms with Crippen molar-refractivity contribution in [2.75, 3.05) is 7.11 Å². The lowest BCUT2D eigenvalue weighted by Crippen LogP contribution is -2.27. The zero-order chi connectivity index (χ0) is 21.1. The molecule has 0 saturated heterocycles. The monoisotopic (exact) mass is 403 g/mol. The molecule has 1 atom stereocenters. The van der Waals surface area contributed by atoms with Crippen LogP contribution in [0.15, 0.2) is 65.3 Å². The summed E-state index contributed by atoms with van der Waals surface area (Å²) in [7, 11) is 1.59. The van der Waals surface area contributed by atoms with E-state index in [0.29, 0.717) is 28.7 Å². The van der Waals surface area contributed by atoms with E-state index in [2.05, 4.69) is 20.6 Å². The molecular formula is C22H21N5O3. The number of aryl methyl sites for hydroxylation is 1. The topological polar surface area (TPSA) is 95.1 Å². The van der Waals surface area contributed by atoms with Crippen molar-refractivity contribution in [2.45, 2.75) is 19.9 Å². The third-order valence-corrected chi connectivity index (χ3v) is 4.60. The Morgan fingerprint density at radius 3 is 2.57 bits per heavy atom. The molecule has 0 saturated carbocycles. The Labute approximate surface area is 173 Å². The van der Waals surface area contributed by atoms with Gasteiger partial charge in [0.05, 0.1) is 18.4 Å². The first-order valence-corrected chi connectivity index (χ1v) is 9.46. The largest absolute Gasteiger partial charge is 0.496 e. The van der Waals surface area contributed by atoms with Crippen molar-refractivity contribution in [3.8, 4) is 22.7 Å². The van der Waals surface area contributed by atoms with E-state index in [9.17, 15) is 4.79 Å². The Balaban J connectivity index is 1.75. The van der Waals surface area contributed by atoms with Crippen molar-refractivity contribution in [3.63, 3.8) is 0 Å². The number of para-hydroxylation sites is 2. The van der Waals surface area contributed by atoms with E-state index >= 15 is 0 Å². The Bertz CT molecular complexity index is 1170. The highest BCUT2D eigenvalue weighted by atomic mass is 16.5. The molecule has 8 heteroatoms. The summed E-state index contributed by atoms with van der Waals surface area (Å²) < 4.78 is 12.3. The van der Waals surface area contributed by atoms with Crippen LogP contribution in [0.4, 0.5) is 0 Å². The molecule has 0 bridgehead atoms. The van der Waals surface area contributed by atoms with Gasteiger partial charge in [-0.2, -0.15) is 10.1 Å². The normalized spacial score (nSPS) is 11.8. The number of carbonyl (C=O) groups is 1. The lowest BCUT2D eigenvalue weighted by molar-refractivity contribution is 0.0933. The smallest absolute Gasteiger partial charge is 0.255 e. The summed E-state index contributed by atoms with van der Waals surface area (Å²) in [5.41, 5.74) is 2.49. The van der Waals surface area contributed by atoms with Crippen molar-refractivity contribution in [1.82, 2.24) is 25.2 Å². The van der Waals surface area contributed by atoms with Gasteiger partial charge in [-0.3, -0.25) is 4.79 Å². The highest BCUT2D eigenvalue weighted by Crippen LogP contribution is 2.32. The Kier molecular flexibility index (Phi) is 5.30. The summed E-state index contributed by atoms with van der Waals surface area (Å²) in [6, 6.07) is 16.6. The predicted molar refractivity (Wildman–Crippen MR) is 110 cm³/mol. The average molecular weight is 403 g/mol. The number of amides is 1. The molecule has 0 fully saturated rings. The number of carbonyl (C=O) groups excluding carboxylic acids is 1. The van der Waals surface area contributed by atoms with Crippen molar-refractivity contribution in [1.29, 1.82) is 0 Å². The fraction of sp³-hybridized carbons (Fsp3) is 0.182. The molecule has 1 amide bonds. The van der Waals surface area contributed by atoms with E-state index in [4.69, 9.17) is 9.26 Å². The van der Waals surface area contributed by atoms with E-state index in [-0.39, 0.29) is 5.91 Å². The molecule has 2 heterocycles. The van der Waals surface area contributed by atoms with Gasteiger partial charge in [0.15, 0.2) is 5.82 Å². The van der Waals surface area contributed by atoms with Crippen LogP contribution in [-0.2, 0) is 0 Å². The lowest BCUT2D eigenvalue weighted by Gasteiger charge is -2.11. The van der Waals surface area contributed by atoms with Crippen LogP contribution in [0.25, 0.3) is 16.9 Å². The van der Waals surface area contributed by atoms with E-state index < -0.39 is 6.04 Å². The van der Waals surface area contributed by atoms with Gasteiger partial charge in [0.1, 0.15) is 17.5 Å². The summed E-state index contributed by atoms with van der Waals surface area (Å²) in [6.07, 6.45) is 1.71. The van der Waals surface area contributed by atoms with Gasteiger partial charge >= 0.3 is 0 Å². The van der Waals surface area contributed by atoms with Crippen molar-refractivity contribution < 1.29 is 14.1 Å². The van der Waals surface area contributed by atoms with Gasteiger partial charge in [-0.15, -0.1) is 0 Å². The molecule has 4 rings (SSSR count). The highest BCUT2D eigenvalue weighted by molar-refractivity contribution is 6.00. The van der Waals surface area contributed by atoms with Crippen LogP contribution in [0.2, 0.25) is 0 Å². The second-order valence-electron chi connectivity index (χ2n) is 6.75. The Hall–Kier alpha value is -3.94. The number of benzene rings is 2. The molecule has 0 spiro atoms. The number of nitrogens with zero attached hydrogens (tertiary/aromatic N) is 4. The number of hydrogen-bond donors (Lipinski definition) is 1. The molecule has 152 valence electrons. The molecule has 0 aliphatic rings. The third kappa shape index (κ3) is 3.80. The minimum absolute atomic E-state index is 0.304. The quantitative estimate of drug-likeness (QED) is 0.527. The second-order valence-corrected chi connectivity index (χ2v) is 6.75. The van der Waals surface area contributed by atoms with Crippen LogP contribution < -0.4 is 10.1 Å². The molecule has 0 unspecified atom stereocenters. The summed E-state index contributed by atoms with van der Waals surface area (Å²) in [5.74, 6) is 1.18. The van der Waals surface area contributed by atoms with Gasteiger partial charge in [0, 0.05) is 11.8 Å². The zero-order valence-corrected chi connectivity index (χ0v) is 16.9. The number of methoxy groups -OCH3 is 1. The van der Waals surface area contributed by atoms with Crippen LogP contribution in [0.5, 0.6) is 5.75 Å². The molecule has 0 aliphatic carbocycles. The van der Waals surface area contributed by atoms with Gasteiger partial charge < -0.3 is 14.6 Å². The maximum absolute atomic E-state index is 13.2. The first-order valence-electron chi connectivity index (χ1n) is 9.46. The SMILES string of the molecule is COc1ccccc1-c1nn(-c2ccccc2)cc1C(=O)N[C@H](C)c1nc(C)no1. The summed E-state index contributed by atoms with van der Waals surface area (Å²) in [6.45, 7) is 3.51. The van der Waals surface area contributed by atoms with Crippen molar-refractivity contribution >= 4 is 5.91 Å². The van der Waals surface area contributed by atoms with Gasteiger partial charge in [-0.1, -0.05) is 35.5 Å². The molecule has 30 heavy (non-hydrogen) atoms. The predicted octanol–water partition coefficient (Wildman–Crippen LogP) is 3.73. The van der Waals surface area contributed by atoms with Crippen LogP contribution in [-0.4, -0.2) is 32.9 Å². The molecule has 4 aromatic rings. The van der Waals surface area contributed by atoms with E-state index in [0.717, 1.165) is 11.3 Å². The maximum Gasteiger partial charge on any atom is 0.255 e. The number of rotatable bonds is 6. The summed E-state index contributed by atoms with van der Waals surface area (Å²) >= 11 is 0. The molecule has 0 aliphatic heterocycles. The van der Waals surface area contributed by atoms with Crippen molar-refractivity contribution in [3.05, 3.63) is 78.1 Å². The van der Waals surface area contributed by atoms with Crippen molar-refractivity contribution in [2.24, 2.45) is 0 Å². The first-order chi connectivity index (χ1) is 14.6. The number of aromatic nitrogens is 4. The van der Waals surface area contributed by atoms with Gasteiger partial charge in [-0.25, -0.2) is 4.68 Å². The van der Waals surface area contributed by atoms with Gasteiger partial charge in [-0.05, 0) is 38.1 Å². The van der Waals surface area contributed by atoms with Gasteiger partial charge in [0.25, 0.3) is 5.91 Å². The molecular weight excluding hydrogens is 382 g/mol. The van der Waals surface area contributed by atoms with Crippen LogP contribution >= 0.6 is 0 Å². The minimum atomic E-state index is -0.454. The Morgan fingerprint density at radius 2 is 1.87 bits per heavy atom. The number of ether oxygens (including phenoxy) is 1. The molecule has 2 aromatic heterocycles. The van der Waals surface area contributed by atoms with E-state index in [1.165, 1.54) is 0 Å². The summed E-state index contributed by atoms with van der Waals surface area (Å²) in [5, 5.41) is 11.4. The second kappa shape index (κ2) is 8.20. The van der Waals surface area contributed by atoms with Gasteiger partial charge in [0.2, 0.25) is 5.89 Å².